The number of nitrogens with zero attached hydrogens (tertiary/aromatic N) is 3. The van der Waals surface area contributed by atoms with Crippen LogP contribution in [0.2, 0.25) is 0 Å². The van der Waals surface area contributed by atoms with Gasteiger partial charge < -0.3 is 59.3 Å². The third-order valence-electron chi connectivity index (χ3n) is 9.65. The zero-order valence-corrected chi connectivity index (χ0v) is 33.5. The molecule has 1 heterocycles. The maximum Gasteiger partial charge on any atom is 0.326 e. The lowest BCUT2D eigenvalue weighted by molar-refractivity contribution is -0.143. The van der Waals surface area contributed by atoms with Crippen LogP contribution in [0.25, 0.3) is 0 Å². The number of aliphatic imine (C=N–C) groups is 2. The summed E-state index contributed by atoms with van der Waals surface area (Å²) < 4.78 is 0. The number of nitrogens with one attached hydrogen (secondary N) is 4. The van der Waals surface area contributed by atoms with Crippen LogP contribution in [0.5, 0.6) is 5.75 Å². The second kappa shape index (κ2) is 24.1. The van der Waals surface area contributed by atoms with Crippen molar-refractivity contribution in [3.05, 3.63) is 29.8 Å². The van der Waals surface area contributed by atoms with E-state index in [0.717, 1.165) is 0 Å². The molecule has 2 rings (SSSR count). The highest BCUT2D eigenvalue weighted by molar-refractivity contribution is 5.96. The van der Waals surface area contributed by atoms with Crippen molar-refractivity contribution in [1.29, 1.82) is 0 Å². The van der Waals surface area contributed by atoms with E-state index in [9.17, 15) is 39.0 Å². The van der Waals surface area contributed by atoms with Gasteiger partial charge in [0.05, 0.1) is 0 Å². The van der Waals surface area contributed by atoms with E-state index in [0.29, 0.717) is 44.2 Å². The molecular formula is C38H63N11O8. The number of rotatable bonds is 24. The Morgan fingerprint density at radius 1 is 0.825 bits per heavy atom. The lowest BCUT2D eigenvalue weighted by atomic mass is 9.96. The molecule has 19 nitrogen and oxygen atoms in total. The first kappa shape index (κ1) is 47.5. The number of carboxylic acid groups (broad SMARTS) is 1. The third kappa shape index (κ3) is 17.0. The van der Waals surface area contributed by atoms with Crippen molar-refractivity contribution >= 4 is 47.4 Å². The molecule has 1 saturated heterocycles. The topological polar surface area (TPSA) is 323 Å². The van der Waals surface area contributed by atoms with Crippen LogP contribution in [-0.2, 0) is 35.2 Å². The molecule has 318 valence electrons. The molecule has 0 radical (unpaired) electrons. The Morgan fingerprint density at radius 3 is 2.04 bits per heavy atom. The minimum Gasteiger partial charge on any atom is -0.508 e. The van der Waals surface area contributed by atoms with Gasteiger partial charge in [0, 0.05) is 32.5 Å². The molecule has 19 heteroatoms. The summed E-state index contributed by atoms with van der Waals surface area (Å²) in [5.41, 5.74) is 22.2. The molecule has 14 N–H and O–H groups in total. The van der Waals surface area contributed by atoms with Gasteiger partial charge in [0.1, 0.15) is 36.0 Å². The number of nitrogens with two attached hydrogens (primary N) is 4. The summed E-state index contributed by atoms with van der Waals surface area (Å²) in [6.07, 6.45) is 3.05. The quantitative estimate of drug-likeness (QED) is 0.0361. The fraction of sp³-hybridized carbons (Fsp3) is 0.632. The molecule has 6 atom stereocenters. The van der Waals surface area contributed by atoms with Crippen LogP contribution in [0, 0.1) is 11.8 Å². The van der Waals surface area contributed by atoms with Gasteiger partial charge in [-0.15, -0.1) is 0 Å². The van der Waals surface area contributed by atoms with Crippen molar-refractivity contribution < 1.29 is 39.0 Å². The highest BCUT2D eigenvalue weighted by Crippen LogP contribution is 2.21. The van der Waals surface area contributed by atoms with E-state index in [-0.39, 0.29) is 74.7 Å². The van der Waals surface area contributed by atoms with Crippen molar-refractivity contribution in [2.24, 2.45) is 44.8 Å². The SMILES string of the molecule is CC[C@@H](C)[C@H](NC(=O)[C@H](Cc1ccc(O)cc1)NC(=O)[C@@H]1CCCN1C(=O)[C@H](CCCN=C(N)N)NC(=O)CCCCN=C(N)N)C(=O)N[C@@H](CC(C)C)C(=O)O. The smallest absolute Gasteiger partial charge is 0.326 e. The molecule has 1 aromatic rings. The van der Waals surface area contributed by atoms with Crippen LogP contribution in [0.3, 0.4) is 0 Å². The number of aliphatic carboxylic acids is 1. The average molecular weight is 802 g/mol. The first-order valence-electron chi connectivity index (χ1n) is 19.6. The zero-order chi connectivity index (χ0) is 42.7. The summed E-state index contributed by atoms with van der Waals surface area (Å²) in [7, 11) is 0. The van der Waals surface area contributed by atoms with E-state index in [1.165, 1.54) is 17.0 Å². The van der Waals surface area contributed by atoms with E-state index < -0.39 is 65.7 Å². The lowest BCUT2D eigenvalue weighted by Gasteiger charge is -2.31. The number of phenols is 1. The number of amides is 5. The van der Waals surface area contributed by atoms with E-state index in [4.69, 9.17) is 22.9 Å². The summed E-state index contributed by atoms with van der Waals surface area (Å²) in [6.45, 7) is 8.02. The first-order valence-corrected chi connectivity index (χ1v) is 19.6. The van der Waals surface area contributed by atoms with Crippen LogP contribution in [-0.4, -0.2) is 112 Å². The number of guanidine groups is 2. The van der Waals surface area contributed by atoms with Gasteiger partial charge in [-0.05, 0) is 74.5 Å². The number of unbranched alkanes of at least 4 members (excludes halogenated alkanes) is 1. The van der Waals surface area contributed by atoms with Crippen LogP contribution < -0.4 is 44.2 Å². The number of aromatic hydroxyl groups is 1. The van der Waals surface area contributed by atoms with Crippen LogP contribution >= 0.6 is 0 Å². The van der Waals surface area contributed by atoms with E-state index in [2.05, 4.69) is 31.3 Å². The Labute approximate surface area is 334 Å². The minimum absolute atomic E-state index is 0.00216. The Bertz CT molecular complexity index is 1560. The average Bonchev–Trinajstić information content (AvgIpc) is 3.64. The number of carbonyl (C=O) groups excluding carboxylic acids is 5. The summed E-state index contributed by atoms with van der Waals surface area (Å²) in [6, 6.07) is 0.540. The van der Waals surface area contributed by atoms with Crippen molar-refractivity contribution in [2.75, 3.05) is 19.6 Å². The van der Waals surface area contributed by atoms with Crippen molar-refractivity contribution in [2.45, 2.75) is 122 Å². The summed E-state index contributed by atoms with van der Waals surface area (Å²) in [5.74, 6) is -4.64. The Hall–Kier alpha value is -5.62. The van der Waals surface area contributed by atoms with Crippen molar-refractivity contribution in [1.82, 2.24) is 26.2 Å². The molecular weight excluding hydrogens is 738 g/mol. The summed E-state index contributed by atoms with van der Waals surface area (Å²) >= 11 is 0. The van der Waals surface area contributed by atoms with E-state index >= 15 is 0 Å². The van der Waals surface area contributed by atoms with Crippen LogP contribution in [0.1, 0.15) is 91.0 Å². The van der Waals surface area contributed by atoms with E-state index in [1.54, 1.807) is 19.1 Å². The van der Waals surface area contributed by atoms with Crippen molar-refractivity contribution in [3.63, 3.8) is 0 Å². The van der Waals surface area contributed by atoms with Crippen LogP contribution in [0.4, 0.5) is 0 Å². The van der Waals surface area contributed by atoms with Gasteiger partial charge in [0.25, 0.3) is 0 Å². The Balaban J connectivity index is 2.33. The Kier molecular flexibility index (Phi) is 20.1. The number of benzene rings is 1. The van der Waals surface area contributed by atoms with E-state index in [1.807, 2.05) is 20.8 Å². The predicted octanol–water partition coefficient (Wildman–Crippen LogP) is -0.461. The molecule has 0 bridgehead atoms. The fourth-order valence-electron chi connectivity index (χ4n) is 6.39. The standard InChI is InChI=1S/C38H63N11O8/c1-5-23(4)31(34(54)47-28(36(56)57)20-22(2)3)48-32(52)27(21-24-13-15-25(50)16-14-24)46-33(53)29-11-9-19-49(29)35(55)26(10-8-18-44-38(41)42)45-30(51)12-6-7-17-43-37(39)40/h13-16,22-23,26-29,31,50H,5-12,17-21H2,1-4H3,(H,45,51)(H,46,53)(H,47,54)(H,48,52)(H,56,57)(H4,39,40,43)(H4,41,42,44)/t23-,26+,27+,28+,29+,31+/m1/s1. The van der Waals surface area contributed by atoms with Crippen LogP contribution in [0.15, 0.2) is 34.3 Å². The Morgan fingerprint density at radius 2 is 1.46 bits per heavy atom. The normalized spacial score (nSPS) is 16.3. The van der Waals surface area contributed by atoms with Gasteiger partial charge >= 0.3 is 5.97 Å². The maximum absolute atomic E-state index is 14.1. The molecule has 0 saturated carbocycles. The molecule has 1 aliphatic heterocycles. The third-order valence-corrected chi connectivity index (χ3v) is 9.65. The lowest BCUT2D eigenvalue weighted by Crippen LogP contribution is -2.60. The van der Waals surface area contributed by atoms with Gasteiger partial charge in [0.15, 0.2) is 11.9 Å². The molecule has 0 aromatic heterocycles. The highest BCUT2D eigenvalue weighted by atomic mass is 16.4. The largest absolute Gasteiger partial charge is 0.508 e. The number of likely N-dealkylation sites (tertiary alicyclic amines) is 1. The van der Waals surface area contributed by atoms with Gasteiger partial charge in [-0.1, -0.05) is 46.2 Å². The second-order valence-corrected chi connectivity index (χ2v) is 14.9. The predicted molar refractivity (Wildman–Crippen MR) is 215 cm³/mol. The number of carboxylic acids is 1. The second-order valence-electron chi connectivity index (χ2n) is 14.9. The first-order chi connectivity index (χ1) is 26.9. The summed E-state index contributed by atoms with van der Waals surface area (Å²) in [5, 5.41) is 30.5. The summed E-state index contributed by atoms with van der Waals surface area (Å²) in [4.78, 5) is 89.8. The van der Waals surface area contributed by atoms with Gasteiger partial charge in [-0.3, -0.25) is 34.0 Å². The van der Waals surface area contributed by atoms with Gasteiger partial charge in [-0.2, -0.15) is 0 Å². The number of hydrogen-bond donors (Lipinski definition) is 10. The van der Waals surface area contributed by atoms with Gasteiger partial charge in [-0.25, -0.2) is 4.79 Å². The monoisotopic (exact) mass is 801 g/mol. The molecule has 1 aromatic carbocycles. The van der Waals surface area contributed by atoms with Gasteiger partial charge in [0.2, 0.25) is 29.5 Å². The molecule has 0 aliphatic carbocycles. The molecule has 57 heavy (non-hydrogen) atoms. The molecule has 0 unspecified atom stereocenters. The fourth-order valence-corrected chi connectivity index (χ4v) is 6.39. The maximum atomic E-state index is 14.1. The van der Waals surface area contributed by atoms with Crippen molar-refractivity contribution in [3.8, 4) is 5.75 Å². The molecule has 1 aliphatic rings. The molecule has 5 amide bonds. The molecule has 1 fully saturated rings. The minimum atomic E-state index is -1.24. The number of phenolic OH excluding ortho intramolecular Hbond substituents is 1. The highest BCUT2D eigenvalue weighted by Gasteiger charge is 2.39. The number of carbonyl (C=O) groups is 6. The number of hydrogen-bond acceptors (Lipinski definition) is 9. The molecule has 0 spiro atoms. The zero-order valence-electron chi connectivity index (χ0n) is 33.5.